The first-order chi connectivity index (χ1) is 14.3. The molecule has 0 amide bonds. The first kappa shape index (κ1) is 18.2. The highest BCUT2D eigenvalue weighted by Crippen LogP contribution is 2.36. The SMILES string of the molecule is O=c1c2c(c3cnn(CC4CCCN(C5CCC5)C4)c3n1C1CCC1)CCCC2. The Bertz CT molecular complexity index is 965. The van der Waals surface area contributed by atoms with E-state index in [-0.39, 0.29) is 0 Å². The lowest BCUT2D eigenvalue weighted by Gasteiger charge is -2.42. The van der Waals surface area contributed by atoms with Gasteiger partial charge in [0.15, 0.2) is 0 Å². The second kappa shape index (κ2) is 7.26. The van der Waals surface area contributed by atoms with Gasteiger partial charge in [-0.1, -0.05) is 6.42 Å². The van der Waals surface area contributed by atoms with E-state index < -0.39 is 0 Å². The molecule has 2 saturated carbocycles. The molecule has 156 valence electrons. The fraction of sp³-hybridized carbons (Fsp3) is 0.750. The van der Waals surface area contributed by atoms with Crippen molar-refractivity contribution in [2.75, 3.05) is 13.1 Å². The molecule has 0 radical (unpaired) electrons. The fourth-order valence-electron chi connectivity index (χ4n) is 6.22. The second-order valence-corrected chi connectivity index (χ2v) is 10.1. The van der Waals surface area contributed by atoms with Crippen molar-refractivity contribution in [2.24, 2.45) is 5.92 Å². The highest BCUT2D eigenvalue weighted by atomic mass is 16.1. The summed E-state index contributed by atoms with van der Waals surface area (Å²) in [5.74, 6) is 0.661. The fourth-order valence-corrected chi connectivity index (χ4v) is 6.22. The van der Waals surface area contributed by atoms with Crippen LogP contribution in [0.2, 0.25) is 0 Å². The summed E-state index contributed by atoms with van der Waals surface area (Å²) in [4.78, 5) is 16.2. The molecule has 1 atom stereocenters. The van der Waals surface area contributed by atoms with Crippen LogP contribution in [0.15, 0.2) is 11.0 Å². The third kappa shape index (κ3) is 2.99. The molecular weight excluding hydrogens is 360 g/mol. The Labute approximate surface area is 173 Å². The highest BCUT2D eigenvalue weighted by Gasteiger charge is 2.32. The number of likely N-dealkylation sites (tertiary alicyclic amines) is 1. The van der Waals surface area contributed by atoms with Crippen LogP contribution in [0.1, 0.15) is 81.4 Å². The van der Waals surface area contributed by atoms with Gasteiger partial charge >= 0.3 is 0 Å². The predicted octanol–water partition coefficient (Wildman–Crippen LogP) is 4.07. The van der Waals surface area contributed by atoms with Gasteiger partial charge < -0.3 is 4.90 Å². The van der Waals surface area contributed by atoms with E-state index in [1.54, 1.807) is 0 Å². The van der Waals surface area contributed by atoms with Crippen molar-refractivity contribution in [3.05, 3.63) is 27.7 Å². The van der Waals surface area contributed by atoms with Crippen molar-refractivity contribution in [1.29, 1.82) is 0 Å². The Balaban J connectivity index is 1.38. The van der Waals surface area contributed by atoms with Crippen LogP contribution in [-0.4, -0.2) is 38.4 Å². The van der Waals surface area contributed by atoms with Crippen molar-refractivity contribution in [1.82, 2.24) is 19.2 Å². The zero-order valence-corrected chi connectivity index (χ0v) is 17.6. The van der Waals surface area contributed by atoms with Crippen LogP contribution in [0.4, 0.5) is 0 Å². The summed E-state index contributed by atoms with van der Waals surface area (Å²) in [6, 6.07) is 1.23. The Hall–Kier alpha value is -1.62. The van der Waals surface area contributed by atoms with E-state index >= 15 is 0 Å². The molecule has 5 nitrogen and oxygen atoms in total. The molecule has 5 heteroatoms. The minimum atomic E-state index is 0.304. The van der Waals surface area contributed by atoms with Gasteiger partial charge in [-0.15, -0.1) is 0 Å². The van der Waals surface area contributed by atoms with E-state index in [0.29, 0.717) is 17.5 Å². The number of fused-ring (bicyclic) bond motifs is 3. The van der Waals surface area contributed by atoms with Crippen molar-refractivity contribution >= 4 is 11.0 Å². The molecule has 3 heterocycles. The van der Waals surface area contributed by atoms with Crippen LogP contribution in [0, 0.1) is 5.92 Å². The topological polar surface area (TPSA) is 43.1 Å². The van der Waals surface area contributed by atoms with Crippen molar-refractivity contribution in [3.63, 3.8) is 0 Å². The van der Waals surface area contributed by atoms with Gasteiger partial charge in [0.1, 0.15) is 5.65 Å². The van der Waals surface area contributed by atoms with Crippen LogP contribution < -0.4 is 5.56 Å². The number of rotatable bonds is 4. The summed E-state index contributed by atoms with van der Waals surface area (Å²) in [6.45, 7) is 3.46. The average molecular weight is 395 g/mol. The summed E-state index contributed by atoms with van der Waals surface area (Å²) >= 11 is 0. The van der Waals surface area contributed by atoms with Crippen LogP contribution in [0.5, 0.6) is 0 Å². The van der Waals surface area contributed by atoms with Crippen LogP contribution in [0.3, 0.4) is 0 Å². The van der Waals surface area contributed by atoms with Crippen LogP contribution >= 0.6 is 0 Å². The summed E-state index contributed by atoms with van der Waals surface area (Å²) < 4.78 is 4.39. The molecule has 29 heavy (non-hydrogen) atoms. The maximum Gasteiger partial charge on any atom is 0.255 e. The molecule has 3 fully saturated rings. The molecule has 6 rings (SSSR count). The van der Waals surface area contributed by atoms with Gasteiger partial charge in [-0.05, 0) is 88.7 Å². The molecule has 1 unspecified atom stereocenters. The van der Waals surface area contributed by atoms with Gasteiger partial charge in [0.2, 0.25) is 0 Å². The zero-order valence-electron chi connectivity index (χ0n) is 17.6. The van der Waals surface area contributed by atoms with E-state index in [0.717, 1.165) is 55.9 Å². The summed E-state index contributed by atoms with van der Waals surface area (Å²) in [5.41, 5.74) is 3.86. The highest BCUT2D eigenvalue weighted by molar-refractivity contribution is 5.81. The van der Waals surface area contributed by atoms with Crippen LogP contribution in [0.25, 0.3) is 11.0 Å². The smallest absolute Gasteiger partial charge is 0.255 e. The minimum Gasteiger partial charge on any atom is -0.300 e. The number of piperidine rings is 1. The summed E-state index contributed by atoms with van der Waals surface area (Å²) in [6.07, 6.45) is 16.8. The number of hydrogen-bond acceptors (Lipinski definition) is 3. The van der Waals surface area contributed by atoms with Crippen molar-refractivity contribution < 1.29 is 0 Å². The molecule has 2 aromatic rings. The Morgan fingerprint density at radius 2 is 1.66 bits per heavy atom. The summed E-state index contributed by atoms with van der Waals surface area (Å²) in [5, 5.41) is 6.16. The third-order valence-electron chi connectivity index (χ3n) is 8.32. The zero-order chi connectivity index (χ0) is 19.4. The van der Waals surface area contributed by atoms with Crippen LogP contribution in [-0.2, 0) is 19.4 Å². The first-order valence-corrected chi connectivity index (χ1v) is 12.2. The van der Waals surface area contributed by atoms with Gasteiger partial charge in [0.25, 0.3) is 5.56 Å². The lowest BCUT2D eigenvalue weighted by molar-refractivity contribution is 0.0710. The molecule has 3 aliphatic carbocycles. The largest absolute Gasteiger partial charge is 0.300 e. The summed E-state index contributed by atoms with van der Waals surface area (Å²) in [7, 11) is 0. The quantitative estimate of drug-likeness (QED) is 0.785. The van der Waals surface area contributed by atoms with E-state index in [2.05, 4.69) is 20.3 Å². The van der Waals surface area contributed by atoms with Gasteiger partial charge in [-0.3, -0.25) is 9.36 Å². The minimum absolute atomic E-state index is 0.304. The predicted molar refractivity (Wildman–Crippen MR) is 115 cm³/mol. The number of aryl methyl sites for hydroxylation is 1. The number of aromatic nitrogens is 3. The molecule has 0 aromatic carbocycles. The molecule has 1 saturated heterocycles. The van der Waals surface area contributed by atoms with E-state index in [1.807, 2.05) is 0 Å². The Kier molecular flexibility index (Phi) is 4.55. The number of pyridine rings is 1. The van der Waals surface area contributed by atoms with E-state index in [9.17, 15) is 4.79 Å². The molecule has 0 spiro atoms. The Morgan fingerprint density at radius 1 is 0.897 bits per heavy atom. The molecule has 0 N–H and O–H groups in total. The monoisotopic (exact) mass is 394 g/mol. The third-order valence-corrected chi connectivity index (χ3v) is 8.32. The van der Waals surface area contributed by atoms with Crippen molar-refractivity contribution in [3.8, 4) is 0 Å². The Morgan fingerprint density at radius 3 is 2.38 bits per heavy atom. The lowest BCUT2D eigenvalue weighted by atomic mass is 9.87. The molecular formula is C24H34N4O. The number of hydrogen-bond donors (Lipinski definition) is 0. The lowest BCUT2D eigenvalue weighted by Crippen LogP contribution is -2.46. The van der Waals surface area contributed by atoms with E-state index in [4.69, 9.17) is 5.10 Å². The average Bonchev–Trinajstić information content (AvgIpc) is 3.06. The van der Waals surface area contributed by atoms with E-state index in [1.165, 1.54) is 69.0 Å². The molecule has 1 aliphatic heterocycles. The maximum absolute atomic E-state index is 13.5. The van der Waals surface area contributed by atoms with Gasteiger partial charge in [0, 0.05) is 36.1 Å². The standard InChI is InChI=1S/C24H34N4O/c29-24-21-12-2-1-11-20(21)22-14-25-27(23(22)28(24)19-9-4-10-19)16-17-6-5-13-26(15-17)18-7-3-8-18/h14,17-19H,1-13,15-16H2. The van der Waals surface area contributed by atoms with Gasteiger partial charge in [0.05, 0.1) is 6.20 Å². The molecule has 0 bridgehead atoms. The maximum atomic E-state index is 13.5. The molecule has 4 aliphatic rings. The van der Waals surface area contributed by atoms with Gasteiger partial charge in [-0.2, -0.15) is 5.10 Å². The molecule has 2 aromatic heterocycles. The normalized spacial score (nSPS) is 26.3. The first-order valence-electron chi connectivity index (χ1n) is 12.2. The van der Waals surface area contributed by atoms with Crippen molar-refractivity contribution in [2.45, 2.75) is 95.7 Å². The van der Waals surface area contributed by atoms with Gasteiger partial charge in [-0.25, -0.2) is 4.68 Å². The number of nitrogens with zero attached hydrogens (tertiary/aromatic N) is 4. The second-order valence-electron chi connectivity index (χ2n) is 10.1.